The summed E-state index contributed by atoms with van der Waals surface area (Å²) < 4.78 is 10.8. The molecule has 0 saturated heterocycles. The molecular formula is C20H25ClN2O3. The van der Waals surface area contributed by atoms with E-state index in [0.29, 0.717) is 29.0 Å². The molecule has 140 valence electrons. The summed E-state index contributed by atoms with van der Waals surface area (Å²) in [5.74, 6) is 1.78. The summed E-state index contributed by atoms with van der Waals surface area (Å²) in [6.45, 7) is 5.10. The molecule has 0 atom stereocenters. The highest BCUT2D eigenvalue weighted by atomic mass is 35.5. The minimum absolute atomic E-state index is 0.126. The van der Waals surface area contributed by atoms with E-state index in [1.54, 1.807) is 25.3 Å². The van der Waals surface area contributed by atoms with Crippen molar-refractivity contribution in [2.45, 2.75) is 20.3 Å². The van der Waals surface area contributed by atoms with Gasteiger partial charge in [0, 0.05) is 17.4 Å². The van der Waals surface area contributed by atoms with Crippen LogP contribution < -0.4 is 20.1 Å². The summed E-state index contributed by atoms with van der Waals surface area (Å²) in [6, 6.07) is 12.7. The fraction of sp³-hybridized carbons (Fsp3) is 0.350. The zero-order valence-corrected chi connectivity index (χ0v) is 16.1. The SMILES string of the molecule is COc1ccc(NCC(=O)Nc2cccc(OCCC(C)C)c2)cc1Cl. The van der Waals surface area contributed by atoms with Gasteiger partial charge in [0.2, 0.25) is 5.91 Å². The molecule has 0 unspecified atom stereocenters. The lowest BCUT2D eigenvalue weighted by molar-refractivity contribution is -0.114. The van der Waals surface area contributed by atoms with E-state index in [4.69, 9.17) is 21.1 Å². The molecule has 0 heterocycles. The van der Waals surface area contributed by atoms with E-state index in [0.717, 1.165) is 17.9 Å². The molecule has 0 aliphatic heterocycles. The number of methoxy groups -OCH3 is 1. The molecule has 6 heteroatoms. The minimum Gasteiger partial charge on any atom is -0.495 e. The summed E-state index contributed by atoms with van der Waals surface area (Å²) in [5, 5.41) is 6.37. The van der Waals surface area contributed by atoms with Crippen LogP contribution in [0.25, 0.3) is 0 Å². The largest absolute Gasteiger partial charge is 0.495 e. The van der Waals surface area contributed by atoms with Gasteiger partial charge >= 0.3 is 0 Å². The first-order valence-electron chi connectivity index (χ1n) is 8.58. The minimum atomic E-state index is -0.156. The van der Waals surface area contributed by atoms with Crippen LogP contribution in [0.5, 0.6) is 11.5 Å². The average molecular weight is 377 g/mol. The van der Waals surface area contributed by atoms with Gasteiger partial charge in [-0.3, -0.25) is 4.79 Å². The molecule has 2 aromatic rings. The molecule has 2 rings (SSSR count). The smallest absolute Gasteiger partial charge is 0.243 e. The summed E-state index contributed by atoms with van der Waals surface area (Å²) in [6.07, 6.45) is 0.991. The monoisotopic (exact) mass is 376 g/mol. The lowest BCUT2D eigenvalue weighted by Gasteiger charge is -2.11. The molecule has 1 amide bonds. The van der Waals surface area contributed by atoms with Crippen LogP contribution in [-0.4, -0.2) is 26.2 Å². The molecule has 2 aromatic carbocycles. The lowest BCUT2D eigenvalue weighted by atomic mass is 10.1. The van der Waals surface area contributed by atoms with Crippen molar-refractivity contribution in [3.63, 3.8) is 0 Å². The number of carbonyl (C=O) groups is 1. The van der Waals surface area contributed by atoms with Crippen LogP contribution in [0.1, 0.15) is 20.3 Å². The van der Waals surface area contributed by atoms with Crippen LogP contribution in [-0.2, 0) is 4.79 Å². The molecule has 0 bridgehead atoms. The number of ether oxygens (including phenoxy) is 2. The number of rotatable bonds is 9. The van der Waals surface area contributed by atoms with E-state index in [1.165, 1.54) is 0 Å². The van der Waals surface area contributed by atoms with Gasteiger partial charge in [0.15, 0.2) is 0 Å². The summed E-state index contributed by atoms with van der Waals surface area (Å²) >= 11 is 6.07. The Bertz CT molecular complexity index is 735. The van der Waals surface area contributed by atoms with Gasteiger partial charge in [0.05, 0.1) is 25.3 Å². The van der Waals surface area contributed by atoms with Gasteiger partial charge in [-0.25, -0.2) is 0 Å². The molecule has 0 spiro atoms. The second kappa shape index (κ2) is 9.92. The van der Waals surface area contributed by atoms with E-state index >= 15 is 0 Å². The van der Waals surface area contributed by atoms with Gasteiger partial charge in [-0.1, -0.05) is 31.5 Å². The van der Waals surface area contributed by atoms with Crippen molar-refractivity contribution in [1.29, 1.82) is 0 Å². The highest BCUT2D eigenvalue weighted by Crippen LogP contribution is 2.27. The molecule has 2 N–H and O–H groups in total. The van der Waals surface area contributed by atoms with Crippen LogP contribution in [0.3, 0.4) is 0 Å². The lowest BCUT2D eigenvalue weighted by Crippen LogP contribution is -2.21. The van der Waals surface area contributed by atoms with Gasteiger partial charge in [-0.2, -0.15) is 0 Å². The molecule has 0 fully saturated rings. The topological polar surface area (TPSA) is 59.6 Å². The fourth-order valence-electron chi connectivity index (χ4n) is 2.24. The van der Waals surface area contributed by atoms with Gasteiger partial charge in [0.25, 0.3) is 0 Å². The second-order valence-corrected chi connectivity index (χ2v) is 6.72. The zero-order chi connectivity index (χ0) is 18.9. The second-order valence-electron chi connectivity index (χ2n) is 6.31. The Kier molecular flexibility index (Phi) is 7.60. The summed E-state index contributed by atoms with van der Waals surface area (Å²) in [7, 11) is 1.56. The Balaban J connectivity index is 1.84. The molecule has 0 aromatic heterocycles. The Morgan fingerprint density at radius 2 is 1.96 bits per heavy atom. The van der Waals surface area contributed by atoms with Crippen molar-refractivity contribution in [2.24, 2.45) is 5.92 Å². The zero-order valence-electron chi connectivity index (χ0n) is 15.3. The first-order chi connectivity index (χ1) is 12.5. The highest BCUT2D eigenvalue weighted by molar-refractivity contribution is 6.32. The standard InChI is InChI=1S/C20H25ClN2O3/c1-14(2)9-10-26-17-6-4-5-16(11-17)23-20(24)13-22-15-7-8-19(25-3)18(21)12-15/h4-8,11-12,14,22H,9-10,13H2,1-3H3,(H,23,24). The maximum atomic E-state index is 12.1. The normalized spacial score (nSPS) is 10.5. The third-order valence-corrected chi connectivity index (χ3v) is 3.98. The number of benzene rings is 2. The Hall–Kier alpha value is -2.40. The molecule has 0 aliphatic carbocycles. The van der Waals surface area contributed by atoms with Crippen molar-refractivity contribution < 1.29 is 14.3 Å². The Labute approximate surface area is 159 Å². The van der Waals surface area contributed by atoms with E-state index < -0.39 is 0 Å². The maximum Gasteiger partial charge on any atom is 0.243 e. The van der Waals surface area contributed by atoms with Gasteiger partial charge in [-0.05, 0) is 42.7 Å². The highest BCUT2D eigenvalue weighted by Gasteiger charge is 2.06. The average Bonchev–Trinajstić information content (AvgIpc) is 2.60. The summed E-state index contributed by atoms with van der Waals surface area (Å²) in [5.41, 5.74) is 1.45. The maximum absolute atomic E-state index is 12.1. The number of nitrogens with one attached hydrogen (secondary N) is 2. The van der Waals surface area contributed by atoms with E-state index in [-0.39, 0.29) is 12.5 Å². The number of carbonyl (C=O) groups excluding carboxylic acids is 1. The molecule has 0 aliphatic rings. The van der Waals surface area contributed by atoms with Crippen molar-refractivity contribution in [2.75, 3.05) is 30.9 Å². The third kappa shape index (κ3) is 6.48. The number of amides is 1. The van der Waals surface area contributed by atoms with Crippen LogP contribution in [0.15, 0.2) is 42.5 Å². The van der Waals surface area contributed by atoms with Crippen LogP contribution in [0.4, 0.5) is 11.4 Å². The Morgan fingerprint density at radius 3 is 2.65 bits per heavy atom. The molecule has 0 radical (unpaired) electrons. The van der Waals surface area contributed by atoms with E-state index in [2.05, 4.69) is 24.5 Å². The number of hydrogen-bond acceptors (Lipinski definition) is 4. The third-order valence-electron chi connectivity index (χ3n) is 3.69. The predicted molar refractivity (Wildman–Crippen MR) is 107 cm³/mol. The summed E-state index contributed by atoms with van der Waals surface area (Å²) in [4.78, 5) is 12.1. The van der Waals surface area contributed by atoms with E-state index in [9.17, 15) is 4.79 Å². The Morgan fingerprint density at radius 1 is 1.15 bits per heavy atom. The van der Waals surface area contributed by atoms with Crippen molar-refractivity contribution in [1.82, 2.24) is 0 Å². The van der Waals surface area contributed by atoms with Crippen molar-refractivity contribution in [3.8, 4) is 11.5 Å². The van der Waals surface area contributed by atoms with Crippen molar-refractivity contribution in [3.05, 3.63) is 47.5 Å². The first-order valence-corrected chi connectivity index (χ1v) is 8.96. The number of anilines is 2. The van der Waals surface area contributed by atoms with Crippen LogP contribution in [0.2, 0.25) is 5.02 Å². The van der Waals surface area contributed by atoms with Crippen LogP contribution >= 0.6 is 11.6 Å². The quantitative estimate of drug-likeness (QED) is 0.658. The van der Waals surface area contributed by atoms with E-state index in [1.807, 2.05) is 24.3 Å². The fourth-order valence-corrected chi connectivity index (χ4v) is 2.50. The van der Waals surface area contributed by atoms with Crippen molar-refractivity contribution >= 4 is 28.9 Å². The van der Waals surface area contributed by atoms with Crippen LogP contribution in [0, 0.1) is 5.92 Å². The van der Waals surface area contributed by atoms with Gasteiger partial charge in [-0.15, -0.1) is 0 Å². The number of halogens is 1. The molecule has 0 saturated carbocycles. The molecule has 26 heavy (non-hydrogen) atoms. The molecule has 5 nitrogen and oxygen atoms in total. The van der Waals surface area contributed by atoms with Gasteiger partial charge in [0.1, 0.15) is 11.5 Å². The number of hydrogen-bond donors (Lipinski definition) is 2. The van der Waals surface area contributed by atoms with Gasteiger partial charge < -0.3 is 20.1 Å². The predicted octanol–water partition coefficient (Wildman–Crippen LogP) is 4.82. The first kappa shape index (κ1) is 19.9. The molecular weight excluding hydrogens is 352 g/mol.